The predicted octanol–water partition coefficient (Wildman–Crippen LogP) is 1.90. The Labute approximate surface area is 159 Å². The van der Waals surface area contributed by atoms with E-state index in [0.717, 1.165) is 5.56 Å². The smallest absolute Gasteiger partial charge is 0.239 e. The predicted molar refractivity (Wildman–Crippen MR) is 103 cm³/mol. The summed E-state index contributed by atoms with van der Waals surface area (Å²) in [5.74, 6) is 0.853. The highest BCUT2D eigenvalue weighted by molar-refractivity contribution is 5.94. The van der Waals surface area contributed by atoms with Gasteiger partial charge in [-0.15, -0.1) is 0 Å². The quantitative estimate of drug-likeness (QED) is 0.654. The van der Waals surface area contributed by atoms with Gasteiger partial charge >= 0.3 is 0 Å². The number of pyridine rings is 1. The van der Waals surface area contributed by atoms with E-state index < -0.39 is 6.10 Å². The highest BCUT2D eigenvalue weighted by Gasteiger charge is 2.13. The SMILES string of the molecule is CC(=O)c1ccc(OCC(O)CN(C)CC(=O)Nc2ccc(C)cn2)cc1. The largest absolute Gasteiger partial charge is 0.491 e. The molecule has 0 radical (unpaired) electrons. The molecule has 0 aliphatic rings. The summed E-state index contributed by atoms with van der Waals surface area (Å²) in [6, 6.07) is 10.4. The lowest BCUT2D eigenvalue weighted by molar-refractivity contribution is -0.117. The molecule has 0 bridgehead atoms. The lowest BCUT2D eigenvalue weighted by atomic mass is 10.1. The third-order valence-electron chi connectivity index (χ3n) is 3.82. The van der Waals surface area contributed by atoms with Crippen LogP contribution in [0.1, 0.15) is 22.8 Å². The van der Waals surface area contributed by atoms with Crippen LogP contribution in [0.4, 0.5) is 5.82 Å². The number of nitrogens with one attached hydrogen (secondary N) is 1. The average Bonchev–Trinajstić information content (AvgIpc) is 2.62. The summed E-state index contributed by atoms with van der Waals surface area (Å²) >= 11 is 0. The summed E-state index contributed by atoms with van der Waals surface area (Å²) in [4.78, 5) is 29.1. The number of benzene rings is 1. The number of amides is 1. The molecule has 144 valence electrons. The number of ether oxygens (including phenoxy) is 1. The third kappa shape index (κ3) is 7.16. The fraction of sp³-hybridized carbons (Fsp3) is 0.350. The molecular weight excluding hydrogens is 346 g/mol. The number of aromatic nitrogens is 1. The third-order valence-corrected chi connectivity index (χ3v) is 3.82. The first-order valence-electron chi connectivity index (χ1n) is 8.66. The molecule has 7 nitrogen and oxygen atoms in total. The maximum absolute atomic E-state index is 12.0. The van der Waals surface area contributed by atoms with Gasteiger partial charge in [-0.25, -0.2) is 4.98 Å². The summed E-state index contributed by atoms with van der Waals surface area (Å²) in [6.45, 7) is 3.92. The number of aliphatic hydroxyl groups excluding tert-OH is 1. The van der Waals surface area contributed by atoms with E-state index in [0.29, 0.717) is 17.1 Å². The number of nitrogens with zero attached hydrogens (tertiary/aromatic N) is 2. The van der Waals surface area contributed by atoms with E-state index in [4.69, 9.17) is 4.74 Å². The van der Waals surface area contributed by atoms with Crippen LogP contribution in [0.3, 0.4) is 0 Å². The molecule has 27 heavy (non-hydrogen) atoms. The second-order valence-electron chi connectivity index (χ2n) is 6.51. The van der Waals surface area contributed by atoms with E-state index >= 15 is 0 Å². The molecule has 0 aliphatic carbocycles. The molecule has 1 amide bonds. The highest BCUT2D eigenvalue weighted by Crippen LogP contribution is 2.13. The Bertz CT molecular complexity index is 760. The zero-order valence-electron chi connectivity index (χ0n) is 15.8. The molecular formula is C20H25N3O4. The highest BCUT2D eigenvalue weighted by atomic mass is 16.5. The molecule has 0 aliphatic heterocycles. The first kappa shape index (κ1) is 20.5. The standard InChI is InChI=1S/C20H25N3O4/c1-14-4-9-19(21-10-14)22-20(26)12-23(3)11-17(25)13-27-18-7-5-16(6-8-18)15(2)24/h4-10,17,25H,11-13H2,1-3H3,(H,21,22,26). The molecule has 2 rings (SSSR count). The lowest BCUT2D eigenvalue weighted by Gasteiger charge is -2.20. The minimum atomic E-state index is -0.757. The van der Waals surface area contributed by atoms with Crippen LogP contribution in [-0.2, 0) is 4.79 Å². The second-order valence-corrected chi connectivity index (χ2v) is 6.51. The Morgan fingerprint density at radius 1 is 1.22 bits per heavy atom. The van der Waals surface area contributed by atoms with Crippen LogP contribution in [0, 0.1) is 6.92 Å². The Hall–Kier alpha value is -2.77. The molecule has 2 N–H and O–H groups in total. The van der Waals surface area contributed by atoms with Crippen molar-refractivity contribution in [2.75, 3.05) is 32.1 Å². The molecule has 1 atom stereocenters. The maximum atomic E-state index is 12.0. The van der Waals surface area contributed by atoms with Gasteiger partial charge in [-0.1, -0.05) is 6.07 Å². The number of rotatable bonds is 9. The van der Waals surface area contributed by atoms with Gasteiger partial charge in [0.15, 0.2) is 5.78 Å². The van der Waals surface area contributed by atoms with Gasteiger partial charge in [-0.3, -0.25) is 14.5 Å². The van der Waals surface area contributed by atoms with Crippen LogP contribution >= 0.6 is 0 Å². The summed E-state index contributed by atoms with van der Waals surface area (Å²) in [5, 5.41) is 12.8. The molecule has 1 heterocycles. The van der Waals surface area contributed by atoms with Crippen molar-refractivity contribution in [2.24, 2.45) is 0 Å². The second kappa shape index (κ2) is 9.80. The van der Waals surface area contributed by atoms with Crippen molar-refractivity contribution in [1.82, 2.24) is 9.88 Å². The summed E-state index contributed by atoms with van der Waals surface area (Å²) in [5.41, 5.74) is 1.63. The Balaban J connectivity index is 1.72. The van der Waals surface area contributed by atoms with E-state index in [1.54, 1.807) is 48.5 Å². The van der Waals surface area contributed by atoms with Crippen molar-refractivity contribution in [3.05, 3.63) is 53.7 Å². The molecule has 0 saturated heterocycles. The van der Waals surface area contributed by atoms with Crippen molar-refractivity contribution in [3.8, 4) is 5.75 Å². The summed E-state index contributed by atoms with van der Waals surface area (Å²) < 4.78 is 5.52. The van der Waals surface area contributed by atoms with Crippen molar-refractivity contribution in [3.63, 3.8) is 0 Å². The number of aryl methyl sites for hydroxylation is 1. The minimum absolute atomic E-state index is 0.0117. The van der Waals surface area contributed by atoms with Gasteiger partial charge in [0.25, 0.3) is 0 Å². The molecule has 7 heteroatoms. The van der Waals surface area contributed by atoms with E-state index in [-0.39, 0.29) is 31.4 Å². The zero-order valence-corrected chi connectivity index (χ0v) is 15.8. The maximum Gasteiger partial charge on any atom is 0.239 e. The first-order chi connectivity index (χ1) is 12.8. The molecule has 1 aromatic heterocycles. The molecule has 2 aromatic rings. The number of carbonyl (C=O) groups excluding carboxylic acids is 2. The van der Waals surface area contributed by atoms with Gasteiger partial charge in [0.1, 0.15) is 24.3 Å². The van der Waals surface area contributed by atoms with E-state index in [1.165, 1.54) is 6.92 Å². The monoisotopic (exact) mass is 371 g/mol. The molecule has 1 aromatic carbocycles. The van der Waals surface area contributed by atoms with Crippen LogP contribution in [-0.4, -0.2) is 59.5 Å². The number of hydrogen-bond acceptors (Lipinski definition) is 6. The number of Topliss-reactive ketones (excluding diaryl/α,β-unsaturated/α-hetero) is 1. The lowest BCUT2D eigenvalue weighted by Crippen LogP contribution is -2.37. The van der Waals surface area contributed by atoms with E-state index in [9.17, 15) is 14.7 Å². The van der Waals surface area contributed by atoms with E-state index in [1.807, 2.05) is 13.0 Å². The van der Waals surface area contributed by atoms with Crippen LogP contribution in [0.25, 0.3) is 0 Å². The normalized spacial score (nSPS) is 11.9. The van der Waals surface area contributed by atoms with E-state index in [2.05, 4.69) is 10.3 Å². The zero-order chi connectivity index (χ0) is 19.8. The minimum Gasteiger partial charge on any atom is -0.491 e. The van der Waals surface area contributed by atoms with Crippen LogP contribution in [0.5, 0.6) is 5.75 Å². The summed E-state index contributed by atoms with van der Waals surface area (Å²) in [6.07, 6.45) is 0.927. The summed E-state index contributed by atoms with van der Waals surface area (Å²) in [7, 11) is 1.74. The number of ketones is 1. The van der Waals surface area contributed by atoms with Crippen LogP contribution < -0.4 is 10.1 Å². The first-order valence-corrected chi connectivity index (χ1v) is 8.66. The van der Waals surface area contributed by atoms with Crippen molar-refractivity contribution >= 4 is 17.5 Å². The molecule has 0 saturated carbocycles. The van der Waals surface area contributed by atoms with Gasteiger partial charge in [0.2, 0.25) is 5.91 Å². The fourth-order valence-electron chi connectivity index (χ4n) is 2.42. The number of anilines is 1. The fourth-order valence-corrected chi connectivity index (χ4v) is 2.42. The molecule has 0 fully saturated rings. The van der Waals surface area contributed by atoms with Crippen molar-refractivity contribution < 1.29 is 19.4 Å². The van der Waals surface area contributed by atoms with Crippen molar-refractivity contribution in [2.45, 2.75) is 20.0 Å². The Morgan fingerprint density at radius 3 is 2.52 bits per heavy atom. The topological polar surface area (TPSA) is 91.8 Å². The van der Waals surface area contributed by atoms with Gasteiger partial charge in [-0.2, -0.15) is 0 Å². The van der Waals surface area contributed by atoms with Crippen LogP contribution in [0.2, 0.25) is 0 Å². The van der Waals surface area contributed by atoms with Gasteiger partial charge in [0.05, 0.1) is 6.54 Å². The number of carbonyl (C=O) groups is 2. The number of aliphatic hydroxyl groups is 1. The van der Waals surface area contributed by atoms with Gasteiger partial charge < -0.3 is 15.2 Å². The number of hydrogen-bond donors (Lipinski definition) is 2. The molecule has 1 unspecified atom stereocenters. The molecule has 0 spiro atoms. The van der Waals surface area contributed by atoms with Crippen LogP contribution in [0.15, 0.2) is 42.6 Å². The Kier molecular flexibility index (Phi) is 7.45. The van der Waals surface area contributed by atoms with Gasteiger partial charge in [-0.05, 0) is 56.8 Å². The van der Waals surface area contributed by atoms with Crippen molar-refractivity contribution in [1.29, 1.82) is 0 Å². The number of likely N-dealkylation sites (N-methyl/N-ethyl adjacent to an activating group) is 1. The average molecular weight is 371 g/mol. The Morgan fingerprint density at radius 2 is 1.93 bits per heavy atom. The van der Waals surface area contributed by atoms with Gasteiger partial charge in [0, 0.05) is 18.3 Å².